The van der Waals surface area contributed by atoms with Gasteiger partial charge in [0.1, 0.15) is 19.0 Å². The Balaban J connectivity index is 1.65. The predicted molar refractivity (Wildman–Crippen MR) is 123 cm³/mol. The maximum atomic E-state index is 13.2. The lowest BCUT2D eigenvalue weighted by Gasteiger charge is -2.25. The maximum Gasteiger partial charge on any atom is 0.295 e. The van der Waals surface area contributed by atoms with E-state index >= 15 is 0 Å². The van der Waals surface area contributed by atoms with Crippen LogP contribution in [-0.2, 0) is 16.1 Å². The van der Waals surface area contributed by atoms with Crippen molar-refractivity contribution in [1.29, 1.82) is 0 Å². The van der Waals surface area contributed by atoms with Gasteiger partial charge in [-0.05, 0) is 35.4 Å². The Morgan fingerprint density at radius 1 is 1.09 bits per heavy atom. The normalized spacial score (nSPS) is 18.5. The van der Waals surface area contributed by atoms with Crippen LogP contribution >= 0.6 is 0 Å². The largest absolute Gasteiger partial charge is 0.507 e. The number of aromatic nitrogens is 1. The number of carbonyl (C=O) groups is 2. The Kier molecular flexibility index (Phi) is 5.61. The second-order valence-corrected chi connectivity index (χ2v) is 8.00. The van der Waals surface area contributed by atoms with E-state index in [0.717, 1.165) is 0 Å². The molecular formula is C25H19N3O7. The van der Waals surface area contributed by atoms with Gasteiger partial charge in [-0.15, -0.1) is 0 Å². The van der Waals surface area contributed by atoms with Crippen molar-refractivity contribution in [3.05, 3.63) is 99.4 Å². The van der Waals surface area contributed by atoms with Crippen molar-refractivity contribution in [2.45, 2.75) is 12.6 Å². The summed E-state index contributed by atoms with van der Waals surface area (Å²) in [5.41, 5.74) is 0.861. The van der Waals surface area contributed by atoms with Crippen LogP contribution in [-0.4, -0.2) is 44.8 Å². The van der Waals surface area contributed by atoms with Crippen molar-refractivity contribution in [3.8, 4) is 11.5 Å². The average Bonchev–Trinajstić information content (AvgIpc) is 3.13. The number of nitrogens with zero attached hydrogens (tertiary/aromatic N) is 3. The van der Waals surface area contributed by atoms with Crippen molar-refractivity contribution in [2.75, 3.05) is 13.2 Å². The number of carbonyl (C=O) groups excluding carboxylic acids is 2. The van der Waals surface area contributed by atoms with Gasteiger partial charge < -0.3 is 19.5 Å². The van der Waals surface area contributed by atoms with E-state index in [1.54, 1.807) is 42.7 Å². The molecule has 0 radical (unpaired) electrons. The van der Waals surface area contributed by atoms with Crippen LogP contribution < -0.4 is 9.47 Å². The Labute approximate surface area is 199 Å². The monoisotopic (exact) mass is 473 g/mol. The highest BCUT2D eigenvalue weighted by Gasteiger charge is 2.46. The molecule has 2 aliphatic rings. The van der Waals surface area contributed by atoms with Gasteiger partial charge in [0.2, 0.25) is 0 Å². The summed E-state index contributed by atoms with van der Waals surface area (Å²) in [6.45, 7) is 0.745. The van der Waals surface area contributed by atoms with Gasteiger partial charge in [0.05, 0.1) is 16.5 Å². The van der Waals surface area contributed by atoms with Gasteiger partial charge in [0.15, 0.2) is 11.5 Å². The van der Waals surface area contributed by atoms with Gasteiger partial charge in [-0.1, -0.05) is 18.2 Å². The molecule has 0 saturated carbocycles. The maximum absolute atomic E-state index is 13.2. The van der Waals surface area contributed by atoms with E-state index in [-0.39, 0.29) is 23.4 Å². The molecule has 2 aliphatic heterocycles. The van der Waals surface area contributed by atoms with Crippen molar-refractivity contribution in [1.82, 2.24) is 9.88 Å². The molecule has 1 saturated heterocycles. The van der Waals surface area contributed by atoms with Crippen LogP contribution in [0, 0.1) is 10.1 Å². The standard InChI is InChI=1S/C25H19N3O7/c29-23(17-6-7-19-20(12-17)35-10-9-34-19)21-22(16-4-1-5-18(11-16)28(32)33)27(25(31)24(21)30)14-15-3-2-8-26-13-15/h1-8,11-13,22,29H,9-10,14H2/b23-21+/t22-/m1/s1. The molecule has 3 aromatic rings. The minimum atomic E-state index is -1.05. The van der Waals surface area contributed by atoms with E-state index in [0.29, 0.717) is 35.8 Å². The summed E-state index contributed by atoms with van der Waals surface area (Å²) in [5, 5.41) is 22.6. The number of Topliss-reactive ketones (excluding diaryl/α,β-unsaturated/α-hetero) is 1. The molecule has 1 amide bonds. The van der Waals surface area contributed by atoms with Gasteiger partial charge in [-0.3, -0.25) is 24.7 Å². The number of ketones is 1. The molecule has 0 spiro atoms. The summed E-state index contributed by atoms with van der Waals surface area (Å²) in [7, 11) is 0. The minimum absolute atomic E-state index is 0.0176. The van der Waals surface area contributed by atoms with Gasteiger partial charge in [-0.25, -0.2) is 0 Å². The summed E-state index contributed by atoms with van der Waals surface area (Å²) in [4.78, 5) is 42.5. The molecule has 0 aliphatic carbocycles. The molecule has 2 aromatic carbocycles. The van der Waals surface area contributed by atoms with Gasteiger partial charge >= 0.3 is 0 Å². The molecule has 1 fully saturated rings. The Hall–Kier alpha value is -4.73. The first-order valence-corrected chi connectivity index (χ1v) is 10.8. The number of hydrogen-bond donors (Lipinski definition) is 1. The molecule has 5 rings (SSSR count). The van der Waals surface area contributed by atoms with Gasteiger partial charge in [-0.2, -0.15) is 0 Å². The zero-order valence-corrected chi connectivity index (χ0v) is 18.3. The van der Waals surface area contributed by atoms with E-state index in [4.69, 9.17) is 9.47 Å². The molecule has 10 nitrogen and oxygen atoms in total. The van der Waals surface area contributed by atoms with Crippen molar-refractivity contribution >= 4 is 23.1 Å². The number of fused-ring (bicyclic) bond motifs is 1. The smallest absolute Gasteiger partial charge is 0.295 e. The highest BCUT2D eigenvalue weighted by molar-refractivity contribution is 6.46. The van der Waals surface area contributed by atoms with Crippen LogP contribution in [0.15, 0.2) is 72.6 Å². The molecule has 3 heterocycles. The molecule has 176 valence electrons. The second kappa shape index (κ2) is 8.90. The van der Waals surface area contributed by atoms with E-state index in [1.165, 1.54) is 29.2 Å². The summed E-state index contributed by atoms with van der Waals surface area (Å²) >= 11 is 0. The van der Waals surface area contributed by atoms with Crippen molar-refractivity contribution in [3.63, 3.8) is 0 Å². The van der Waals surface area contributed by atoms with E-state index in [2.05, 4.69) is 4.98 Å². The molecule has 1 N–H and O–H groups in total. The lowest BCUT2D eigenvalue weighted by Crippen LogP contribution is -2.29. The average molecular weight is 473 g/mol. The predicted octanol–water partition coefficient (Wildman–Crippen LogP) is 3.38. The zero-order valence-electron chi connectivity index (χ0n) is 18.3. The minimum Gasteiger partial charge on any atom is -0.507 e. The van der Waals surface area contributed by atoms with Crippen LogP contribution in [0.3, 0.4) is 0 Å². The lowest BCUT2D eigenvalue weighted by atomic mass is 9.94. The summed E-state index contributed by atoms with van der Waals surface area (Å²) in [5.74, 6) is -1.23. The summed E-state index contributed by atoms with van der Waals surface area (Å²) < 4.78 is 11.1. The third-order valence-electron chi connectivity index (χ3n) is 5.83. The summed E-state index contributed by atoms with van der Waals surface area (Å²) in [6.07, 6.45) is 3.14. The second-order valence-electron chi connectivity index (χ2n) is 8.00. The zero-order chi connectivity index (χ0) is 24.5. The van der Waals surface area contributed by atoms with Gasteiger partial charge in [0, 0.05) is 36.6 Å². The van der Waals surface area contributed by atoms with Gasteiger partial charge in [0.25, 0.3) is 17.4 Å². The molecule has 1 atom stereocenters. The van der Waals surface area contributed by atoms with E-state index in [1.807, 2.05) is 0 Å². The SMILES string of the molecule is O=C1C(=O)N(Cc2cccnc2)[C@H](c2cccc([N+](=O)[O-])c2)/C1=C(\O)c1ccc2c(c1)OCCO2. The number of non-ortho nitro benzene ring substituents is 1. The Morgan fingerprint density at radius 3 is 2.63 bits per heavy atom. The van der Waals surface area contributed by atoms with Crippen molar-refractivity contribution in [2.24, 2.45) is 0 Å². The van der Waals surface area contributed by atoms with Crippen LogP contribution in [0.4, 0.5) is 5.69 Å². The first-order valence-electron chi connectivity index (χ1n) is 10.8. The number of rotatable bonds is 5. The highest BCUT2D eigenvalue weighted by atomic mass is 16.6. The molecule has 0 bridgehead atoms. The number of aliphatic hydroxyl groups excluding tert-OH is 1. The lowest BCUT2D eigenvalue weighted by molar-refractivity contribution is -0.384. The number of nitro benzene ring substituents is 1. The quantitative estimate of drug-likeness (QED) is 0.196. The Bertz CT molecular complexity index is 1370. The van der Waals surface area contributed by atoms with E-state index in [9.17, 15) is 24.8 Å². The first-order chi connectivity index (χ1) is 16.9. The fraction of sp³-hybridized carbons (Fsp3) is 0.160. The Morgan fingerprint density at radius 2 is 1.89 bits per heavy atom. The topological polar surface area (TPSA) is 132 Å². The number of amides is 1. The highest BCUT2D eigenvalue weighted by Crippen LogP contribution is 2.42. The fourth-order valence-electron chi connectivity index (χ4n) is 4.23. The number of likely N-dealkylation sites (tertiary alicyclic amines) is 1. The fourth-order valence-corrected chi connectivity index (χ4v) is 4.23. The third-order valence-corrected chi connectivity index (χ3v) is 5.83. The number of hydrogen-bond acceptors (Lipinski definition) is 8. The van der Waals surface area contributed by atoms with Crippen molar-refractivity contribution < 1.29 is 29.1 Å². The van der Waals surface area contributed by atoms with Crippen LogP contribution in [0.1, 0.15) is 22.7 Å². The number of benzene rings is 2. The van der Waals surface area contributed by atoms with Crippen LogP contribution in [0.5, 0.6) is 11.5 Å². The number of aliphatic hydroxyl groups is 1. The van der Waals surface area contributed by atoms with Crippen LogP contribution in [0.2, 0.25) is 0 Å². The first kappa shape index (κ1) is 22.1. The molecular weight excluding hydrogens is 454 g/mol. The van der Waals surface area contributed by atoms with Crippen LogP contribution in [0.25, 0.3) is 5.76 Å². The molecule has 1 aromatic heterocycles. The third kappa shape index (κ3) is 4.05. The number of pyridine rings is 1. The number of ether oxygens (including phenoxy) is 2. The molecule has 35 heavy (non-hydrogen) atoms. The summed E-state index contributed by atoms with van der Waals surface area (Å²) in [6, 6.07) is 12.8. The van der Waals surface area contributed by atoms with E-state index < -0.39 is 28.4 Å². The molecule has 0 unspecified atom stereocenters. The number of nitro groups is 1. The molecule has 10 heteroatoms.